The van der Waals surface area contributed by atoms with Crippen LogP contribution < -0.4 is 0 Å². The summed E-state index contributed by atoms with van der Waals surface area (Å²) in [4.78, 5) is 7.31. The first-order chi connectivity index (χ1) is 8.30. The first-order valence-corrected chi connectivity index (χ1v) is 7.97. The van der Waals surface area contributed by atoms with Crippen molar-refractivity contribution < 1.29 is 0 Å². The Morgan fingerprint density at radius 3 is 3.00 bits per heavy atom. The summed E-state index contributed by atoms with van der Waals surface area (Å²) >= 11 is 7.60. The van der Waals surface area contributed by atoms with E-state index in [9.17, 15) is 0 Å². The van der Waals surface area contributed by atoms with Gasteiger partial charge in [0, 0.05) is 11.4 Å². The number of hydrogen-bond acceptors (Lipinski definition) is 3. The normalized spacial score (nSPS) is 23.1. The molecule has 2 atom stereocenters. The number of rotatable bonds is 5. The summed E-state index contributed by atoms with van der Waals surface area (Å²) in [5.74, 6) is 0.532. The molecule has 0 bridgehead atoms. The second-order valence-electron chi connectivity index (χ2n) is 4.68. The molecule has 17 heavy (non-hydrogen) atoms. The lowest BCUT2D eigenvalue weighted by atomic mass is 10.1. The third kappa shape index (κ3) is 2.83. The molecule has 0 saturated carbocycles. The summed E-state index contributed by atoms with van der Waals surface area (Å²) in [5, 5.41) is 3.35. The smallest absolute Gasteiger partial charge is 0.110 e. The van der Waals surface area contributed by atoms with Crippen LogP contribution in [0.2, 0.25) is 0 Å². The van der Waals surface area contributed by atoms with Gasteiger partial charge in [-0.05, 0) is 32.2 Å². The average Bonchev–Trinajstić information content (AvgIpc) is 2.99. The molecule has 1 aliphatic heterocycles. The molecular weight excluding hydrogens is 252 g/mol. The van der Waals surface area contributed by atoms with Gasteiger partial charge >= 0.3 is 0 Å². The zero-order valence-corrected chi connectivity index (χ0v) is 12.2. The van der Waals surface area contributed by atoms with Crippen molar-refractivity contribution in [2.45, 2.75) is 57.5 Å². The van der Waals surface area contributed by atoms with Crippen LogP contribution in [0.4, 0.5) is 0 Å². The van der Waals surface area contributed by atoms with E-state index in [1.54, 1.807) is 11.3 Å². The molecule has 0 aliphatic carbocycles. The van der Waals surface area contributed by atoms with Crippen molar-refractivity contribution in [2.75, 3.05) is 6.54 Å². The minimum absolute atomic E-state index is 0.504. The van der Waals surface area contributed by atoms with E-state index in [1.165, 1.54) is 30.8 Å². The molecule has 1 fully saturated rings. The maximum atomic E-state index is 5.83. The Balaban J connectivity index is 2.14. The highest BCUT2D eigenvalue weighted by atomic mass is 35.5. The van der Waals surface area contributed by atoms with E-state index in [0.29, 0.717) is 11.9 Å². The number of hydrogen-bond donors (Lipinski definition) is 0. The van der Waals surface area contributed by atoms with Crippen LogP contribution in [0.5, 0.6) is 0 Å². The SMILES string of the molecule is CCC1CCCN1C(CC)c1nc(CCl)cs1. The lowest BCUT2D eigenvalue weighted by Crippen LogP contribution is -2.32. The Kier molecular flexibility index (Phi) is 4.83. The maximum absolute atomic E-state index is 5.83. The highest BCUT2D eigenvalue weighted by Gasteiger charge is 2.30. The molecule has 2 rings (SSSR count). The van der Waals surface area contributed by atoms with Crippen molar-refractivity contribution >= 4 is 22.9 Å². The van der Waals surface area contributed by atoms with E-state index in [1.807, 2.05) is 0 Å². The van der Waals surface area contributed by atoms with Crippen molar-refractivity contribution in [1.29, 1.82) is 0 Å². The largest absolute Gasteiger partial charge is 0.291 e. The monoisotopic (exact) mass is 272 g/mol. The molecule has 0 amide bonds. The van der Waals surface area contributed by atoms with Crippen LogP contribution in [0.1, 0.15) is 56.3 Å². The molecule has 0 N–H and O–H groups in total. The zero-order valence-electron chi connectivity index (χ0n) is 10.7. The fraction of sp³-hybridized carbons (Fsp3) is 0.769. The molecule has 0 spiro atoms. The zero-order chi connectivity index (χ0) is 12.3. The molecular formula is C13H21ClN2S. The van der Waals surface area contributed by atoms with E-state index in [2.05, 4.69) is 29.1 Å². The van der Waals surface area contributed by atoms with E-state index in [-0.39, 0.29) is 0 Å². The third-order valence-electron chi connectivity index (χ3n) is 3.67. The van der Waals surface area contributed by atoms with Gasteiger partial charge in [0.15, 0.2) is 0 Å². The lowest BCUT2D eigenvalue weighted by Gasteiger charge is -2.30. The van der Waals surface area contributed by atoms with E-state index >= 15 is 0 Å². The van der Waals surface area contributed by atoms with Crippen molar-refractivity contribution in [3.8, 4) is 0 Å². The van der Waals surface area contributed by atoms with Crippen LogP contribution in [-0.2, 0) is 5.88 Å². The molecule has 2 nitrogen and oxygen atoms in total. The van der Waals surface area contributed by atoms with Crippen molar-refractivity contribution in [2.24, 2.45) is 0 Å². The first kappa shape index (κ1) is 13.3. The van der Waals surface area contributed by atoms with Crippen LogP contribution in [-0.4, -0.2) is 22.5 Å². The van der Waals surface area contributed by atoms with Crippen LogP contribution in [0.15, 0.2) is 5.38 Å². The van der Waals surface area contributed by atoms with Crippen molar-refractivity contribution in [3.05, 3.63) is 16.1 Å². The summed E-state index contributed by atoms with van der Waals surface area (Å²) in [6, 6.07) is 1.26. The van der Waals surface area contributed by atoms with Gasteiger partial charge in [0.2, 0.25) is 0 Å². The molecule has 2 unspecified atom stereocenters. The van der Waals surface area contributed by atoms with Gasteiger partial charge in [-0.3, -0.25) is 4.90 Å². The number of aromatic nitrogens is 1. The molecule has 1 saturated heterocycles. The second-order valence-corrected chi connectivity index (χ2v) is 5.83. The number of nitrogens with zero attached hydrogens (tertiary/aromatic N) is 2. The van der Waals surface area contributed by atoms with E-state index in [0.717, 1.165) is 18.2 Å². The fourth-order valence-electron chi connectivity index (χ4n) is 2.79. The minimum Gasteiger partial charge on any atom is -0.291 e. The molecule has 4 heteroatoms. The highest BCUT2D eigenvalue weighted by molar-refractivity contribution is 7.09. The summed E-state index contributed by atoms with van der Waals surface area (Å²) < 4.78 is 0. The van der Waals surface area contributed by atoms with Crippen molar-refractivity contribution in [3.63, 3.8) is 0 Å². The van der Waals surface area contributed by atoms with Crippen LogP contribution in [0, 0.1) is 0 Å². The fourth-order valence-corrected chi connectivity index (χ4v) is 4.05. The standard InChI is InChI=1S/C13H21ClN2S/c1-3-11-6-5-7-16(11)12(4-2)13-15-10(8-14)9-17-13/h9,11-12H,3-8H2,1-2H3. The lowest BCUT2D eigenvalue weighted by molar-refractivity contribution is 0.171. The van der Waals surface area contributed by atoms with Gasteiger partial charge < -0.3 is 0 Å². The van der Waals surface area contributed by atoms with E-state index in [4.69, 9.17) is 11.6 Å². The number of likely N-dealkylation sites (tertiary alicyclic amines) is 1. The molecule has 2 heterocycles. The Labute approximate surface area is 113 Å². The third-order valence-corrected chi connectivity index (χ3v) is 4.94. The molecule has 1 aromatic rings. The summed E-state index contributed by atoms with van der Waals surface area (Å²) in [6.07, 6.45) is 5.08. The molecule has 0 radical (unpaired) electrons. The summed E-state index contributed by atoms with van der Waals surface area (Å²) in [7, 11) is 0. The predicted octanol–water partition coefficient (Wildman–Crippen LogP) is 4.21. The highest BCUT2D eigenvalue weighted by Crippen LogP contribution is 2.34. The Morgan fingerprint density at radius 1 is 1.59 bits per heavy atom. The van der Waals surface area contributed by atoms with Gasteiger partial charge in [0.25, 0.3) is 0 Å². The Bertz CT molecular complexity index is 353. The minimum atomic E-state index is 0.504. The molecule has 0 aromatic carbocycles. The van der Waals surface area contributed by atoms with E-state index < -0.39 is 0 Å². The van der Waals surface area contributed by atoms with Gasteiger partial charge in [0.05, 0.1) is 17.6 Å². The molecule has 1 aliphatic rings. The predicted molar refractivity (Wildman–Crippen MR) is 74.7 cm³/mol. The molecule has 1 aromatic heterocycles. The summed E-state index contributed by atoms with van der Waals surface area (Å²) in [6.45, 7) is 5.78. The number of thiazole rings is 1. The molecule has 96 valence electrons. The number of halogens is 1. The summed E-state index contributed by atoms with van der Waals surface area (Å²) in [5.41, 5.74) is 1.03. The van der Waals surface area contributed by atoms with Crippen LogP contribution >= 0.6 is 22.9 Å². The average molecular weight is 273 g/mol. The first-order valence-electron chi connectivity index (χ1n) is 6.56. The second kappa shape index (κ2) is 6.17. The van der Waals surface area contributed by atoms with Gasteiger partial charge in [-0.15, -0.1) is 22.9 Å². The topological polar surface area (TPSA) is 16.1 Å². The van der Waals surface area contributed by atoms with Crippen LogP contribution in [0.3, 0.4) is 0 Å². The van der Waals surface area contributed by atoms with Gasteiger partial charge in [-0.25, -0.2) is 4.98 Å². The van der Waals surface area contributed by atoms with Gasteiger partial charge in [0.1, 0.15) is 5.01 Å². The Hall–Kier alpha value is -0.120. The van der Waals surface area contributed by atoms with Crippen molar-refractivity contribution in [1.82, 2.24) is 9.88 Å². The maximum Gasteiger partial charge on any atom is 0.110 e. The van der Waals surface area contributed by atoms with Gasteiger partial charge in [-0.1, -0.05) is 13.8 Å². The Morgan fingerprint density at radius 2 is 2.41 bits per heavy atom. The van der Waals surface area contributed by atoms with Gasteiger partial charge in [-0.2, -0.15) is 0 Å². The van der Waals surface area contributed by atoms with Crippen LogP contribution in [0.25, 0.3) is 0 Å². The quantitative estimate of drug-likeness (QED) is 0.747. The number of alkyl halides is 1.